The summed E-state index contributed by atoms with van der Waals surface area (Å²) in [5.74, 6) is 0. The van der Waals surface area contributed by atoms with Crippen molar-refractivity contribution in [2.75, 3.05) is 4.72 Å². The Morgan fingerprint density at radius 2 is 1.79 bits per heavy atom. The van der Waals surface area contributed by atoms with Gasteiger partial charge in [0.25, 0.3) is 10.0 Å². The van der Waals surface area contributed by atoms with Crippen LogP contribution in [-0.4, -0.2) is 8.42 Å². The molecule has 2 aromatic carbocycles. The summed E-state index contributed by atoms with van der Waals surface area (Å²) >= 11 is 3.23. The topological polar surface area (TPSA) is 70.0 Å². The van der Waals surface area contributed by atoms with Crippen LogP contribution in [0.25, 0.3) is 0 Å². The number of nitrogens with zero attached hydrogens (tertiary/aromatic N) is 1. The highest BCUT2D eigenvalue weighted by molar-refractivity contribution is 9.10. The predicted octanol–water partition coefficient (Wildman–Crippen LogP) is 3.12. The molecular weight excluding hydrogens is 328 g/mol. The molecule has 0 atom stereocenters. The van der Waals surface area contributed by atoms with Crippen molar-refractivity contribution in [1.82, 2.24) is 0 Å². The summed E-state index contributed by atoms with van der Waals surface area (Å²) in [6.45, 7) is 0. The summed E-state index contributed by atoms with van der Waals surface area (Å²) < 4.78 is 27.4. The van der Waals surface area contributed by atoms with E-state index >= 15 is 0 Å². The Labute approximate surface area is 119 Å². The van der Waals surface area contributed by atoms with E-state index in [2.05, 4.69) is 20.7 Å². The zero-order valence-corrected chi connectivity index (χ0v) is 12.1. The van der Waals surface area contributed by atoms with Crippen molar-refractivity contribution >= 4 is 31.6 Å². The largest absolute Gasteiger partial charge is 0.280 e. The number of hydrogen-bond donors (Lipinski definition) is 1. The van der Waals surface area contributed by atoms with Crippen LogP contribution >= 0.6 is 15.9 Å². The van der Waals surface area contributed by atoms with Gasteiger partial charge in [0.15, 0.2) is 0 Å². The average molecular weight is 337 g/mol. The maximum Gasteiger partial charge on any atom is 0.261 e. The van der Waals surface area contributed by atoms with Crippen LogP contribution in [-0.2, 0) is 10.0 Å². The second kappa shape index (κ2) is 5.43. The van der Waals surface area contributed by atoms with Crippen LogP contribution < -0.4 is 4.72 Å². The van der Waals surface area contributed by atoms with Crippen LogP contribution in [0.2, 0.25) is 0 Å². The number of nitrogens with one attached hydrogen (secondary N) is 1. The fourth-order valence-corrected chi connectivity index (χ4v) is 3.12. The molecule has 0 heterocycles. The molecule has 0 spiro atoms. The number of sulfonamides is 1. The molecule has 0 aromatic heterocycles. The van der Waals surface area contributed by atoms with E-state index in [9.17, 15) is 8.42 Å². The highest BCUT2D eigenvalue weighted by atomic mass is 79.9. The minimum atomic E-state index is -3.62. The molecule has 4 nitrogen and oxygen atoms in total. The van der Waals surface area contributed by atoms with E-state index < -0.39 is 10.0 Å². The fourth-order valence-electron chi connectivity index (χ4n) is 1.46. The normalized spacial score (nSPS) is 10.7. The van der Waals surface area contributed by atoms with Gasteiger partial charge in [0.05, 0.1) is 16.5 Å². The summed E-state index contributed by atoms with van der Waals surface area (Å²) in [6.07, 6.45) is 0. The van der Waals surface area contributed by atoms with E-state index in [0.29, 0.717) is 15.7 Å². The lowest BCUT2D eigenvalue weighted by molar-refractivity contribution is 0.601. The van der Waals surface area contributed by atoms with Crippen LogP contribution in [0, 0.1) is 11.3 Å². The SMILES string of the molecule is N#Cc1ccc(NS(=O)(=O)c2cccc(Br)c2)cc1. The van der Waals surface area contributed by atoms with Crippen molar-refractivity contribution in [2.45, 2.75) is 4.90 Å². The van der Waals surface area contributed by atoms with Crippen molar-refractivity contribution in [1.29, 1.82) is 5.26 Å². The second-order valence-electron chi connectivity index (χ2n) is 3.75. The molecule has 19 heavy (non-hydrogen) atoms. The molecule has 2 aromatic rings. The van der Waals surface area contributed by atoms with Gasteiger partial charge < -0.3 is 0 Å². The third kappa shape index (κ3) is 3.34. The van der Waals surface area contributed by atoms with Crippen molar-refractivity contribution in [2.24, 2.45) is 0 Å². The number of rotatable bonds is 3. The lowest BCUT2D eigenvalue weighted by atomic mass is 10.2. The van der Waals surface area contributed by atoms with Crippen LogP contribution in [0.5, 0.6) is 0 Å². The molecule has 0 unspecified atom stereocenters. The summed E-state index contributed by atoms with van der Waals surface area (Å²) in [5.41, 5.74) is 0.893. The van der Waals surface area contributed by atoms with Crippen molar-refractivity contribution in [3.8, 4) is 6.07 Å². The van der Waals surface area contributed by atoms with Gasteiger partial charge in [0, 0.05) is 10.2 Å². The maximum atomic E-state index is 12.1. The third-order valence-corrected chi connectivity index (χ3v) is 4.24. The van der Waals surface area contributed by atoms with Gasteiger partial charge in [-0.05, 0) is 42.5 Å². The van der Waals surface area contributed by atoms with E-state index in [-0.39, 0.29) is 4.90 Å². The molecular formula is C13H9BrN2O2S. The molecule has 2 rings (SSSR count). The molecule has 0 bridgehead atoms. The summed E-state index contributed by atoms with van der Waals surface area (Å²) in [6, 6.07) is 14.6. The summed E-state index contributed by atoms with van der Waals surface area (Å²) in [5, 5.41) is 8.68. The number of halogens is 1. The van der Waals surface area contributed by atoms with Crippen molar-refractivity contribution in [3.63, 3.8) is 0 Å². The smallest absolute Gasteiger partial charge is 0.261 e. The Bertz CT molecular complexity index is 734. The monoisotopic (exact) mass is 336 g/mol. The van der Waals surface area contributed by atoms with E-state index in [1.54, 1.807) is 36.4 Å². The molecule has 0 aliphatic carbocycles. The quantitative estimate of drug-likeness (QED) is 0.935. The number of hydrogen-bond acceptors (Lipinski definition) is 3. The maximum absolute atomic E-state index is 12.1. The summed E-state index contributed by atoms with van der Waals surface area (Å²) in [7, 11) is -3.62. The zero-order chi connectivity index (χ0) is 13.9. The van der Waals surface area contributed by atoms with Crippen LogP contribution in [0.4, 0.5) is 5.69 Å². The standard InChI is InChI=1S/C13H9BrN2O2S/c14-11-2-1-3-13(8-11)19(17,18)16-12-6-4-10(9-15)5-7-12/h1-8,16H. The second-order valence-corrected chi connectivity index (χ2v) is 6.35. The molecule has 0 fully saturated rings. The van der Waals surface area contributed by atoms with E-state index in [4.69, 9.17) is 5.26 Å². The molecule has 0 saturated carbocycles. The Hall–Kier alpha value is -1.84. The number of nitriles is 1. The minimum absolute atomic E-state index is 0.172. The number of anilines is 1. The van der Waals surface area contributed by atoms with Gasteiger partial charge in [0.1, 0.15) is 0 Å². The molecule has 0 aliphatic rings. The first-order chi connectivity index (χ1) is 9.01. The van der Waals surface area contributed by atoms with E-state index in [1.807, 2.05) is 6.07 Å². The molecule has 0 radical (unpaired) electrons. The fraction of sp³-hybridized carbons (Fsp3) is 0. The highest BCUT2D eigenvalue weighted by Crippen LogP contribution is 2.19. The van der Waals surface area contributed by atoms with Gasteiger partial charge >= 0.3 is 0 Å². The molecule has 0 saturated heterocycles. The Morgan fingerprint density at radius 3 is 2.37 bits per heavy atom. The molecule has 0 amide bonds. The Morgan fingerprint density at radius 1 is 1.11 bits per heavy atom. The number of benzene rings is 2. The predicted molar refractivity (Wildman–Crippen MR) is 76.1 cm³/mol. The Kier molecular flexibility index (Phi) is 3.88. The third-order valence-electron chi connectivity index (χ3n) is 2.37. The first kappa shape index (κ1) is 13.6. The van der Waals surface area contributed by atoms with Gasteiger partial charge in [-0.15, -0.1) is 0 Å². The zero-order valence-electron chi connectivity index (χ0n) is 9.67. The molecule has 1 N–H and O–H groups in total. The lowest BCUT2D eigenvalue weighted by Gasteiger charge is -2.08. The van der Waals surface area contributed by atoms with Crippen molar-refractivity contribution in [3.05, 3.63) is 58.6 Å². The minimum Gasteiger partial charge on any atom is -0.280 e. The van der Waals surface area contributed by atoms with E-state index in [1.165, 1.54) is 12.1 Å². The molecule has 96 valence electrons. The first-order valence-electron chi connectivity index (χ1n) is 5.30. The average Bonchev–Trinajstić information content (AvgIpc) is 2.39. The van der Waals surface area contributed by atoms with Gasteiger partial charge in [-0.3, -0.25) is 4.72 Å². The van der Waals surface area contributed by atoms with Gasteiger partial charge in [0.2, 0.25) is 0 Å². The summed E-state index contributed by atoms with van der Waals surface area (Å²) in [4.78, 5) is 0.172. The van der Waals surface area contributed by atoms with Gasteiger partial charge in [-0.25, -0.2) is 8.42 Å². The first-order valence-corrected chi connectivity index (χ1v) is 7.57. The molecule has 0 aliphatic heterocycles. The van der Waals surface area contributed by atoms with Crippen molar-refractivity contribution < 1.29 is 8.42 Å². The van der Waals surface area contributed by atoms with Crippen LogP contribution in [0.1, 0.15) is 5.56 Å². The highest BCUT2D eigenvalue weighted by Gasteiger charge is 2.14. The van der Waals surface area contributed by atoms with Crippen LogP contribution in [0.3, 0.4) is 0 Å². The van der Waals surface area contributed by atoms with Gasteiger partial charge in [-0.1, -0.05) is 22.0 Å². The van der Waals surface area contributed by atoms with E-state index in [0.717, 1.165) is 0 Å². The lowest BCUT2D eigenvalue weighted by Crippen LogP contribution is -2.12. The molecule has 6 heteroatoms. The van der Waals surface area contributed by atoms with Crippen LogP contribution in [0.15, 0.2) is 57.9 Å². The van der Waals surface area contributed by atoms with Gasteiger partial charge in [-0.2, -0.15) is 5.26 Å². The Balaban J connectivity index is 2.28.